The van der Waals surface area contributed by atoms with Crippen molar-refractivity contribution in [1.82, 2.24) is 4.31 Å². The summed E-state index contributed by atoms with van der Waals surface area (Å²) in [6.07, 6.45) is 2.55. The van der Waals surface area contributed by atoms with Gasteiger partial charge in [0.05, 0.1) is 11.0 Å². The molecule has 1 saturated heterocycles. The Morgan fingerprint density at radius 2 is 2.18 bits per heavy atom. The maximum atomic E-state index is 12.6. The van der Waals surface area contributed by atoms with Crippen LogP contribution in [0, 0.1) is 10.1 Å². The lowest BCUT2D eigenvalue weighted by Gasteiger charge is -2.27. The van der Waals surface area contributed by atoms with Crippen LogP contribution in [0.3, 0.4) is 0 Å². The van der Waals surface area contributed by atoms with E-state index in [0.717, 1.165) is 35.7 Å². The minimum Gasteiger partial charge on any atom is -0.377 e. The zero-order chi connectivity index (χ0) is 16.3. The quantitative estimate of drug-likeness (QED) is 0.602. The summed E-state index contributed by atoms with van der Waals surface area (Å²) in [7, 11) is -2.58. The molecule has 1 aliphatic rings. The molecule has 2 rings (SSSR count). The van der Waals surface area contributed by atoms with Gasteiger partial charge in [-0.1, -0.05) is 11.6 Å². The number of rotatable bonds is 5. The summed E-state index contributed by atoms with van der Waals surface area (Å²) in [5, 5.41) is 11.2. The van der Waals surface area contributed by atoms with Crippen LogP contribution in [-0.2, 0) is 14.8 Å². The Morgan fingerprint density at radius 3 is 2.77 bits per heavy atom. The van der Waals surface area contributed by atoms with Crippen molar-refractivity contribution in [2.24, 2.45) is 0 Å². The molecule has 0 aliphatic carbocycles. The first-order valence-electron chi connectivity index (χ1n) is 6.84. The van der Waals surface area contributed by atoms with Gasteiger partial charge in [-0.2, -0.15) is 4.31 Å². The van der Waals surface area contributed by atoms with Crippen LogP contribution in [0.25, 0.3) is 0 Å². The number of ether oxygens (including phenoxy) is 1. The highest BCUT2D eigenvalue weighted by Crippen LogP contribution is 2.29. The van der Waals surface area contributed by atoms with Crippen molar-refractivity contribution in [1.29, 1.82) is 0 Å². The third kappa shape index (κ3) is 3.75. The van der Waals surface area contributed by atoms with Gasteiger partial charge in [0.15, 0.2) is 4.90 Å². The van der Waals surface area contributed by atoms with E-state index in [1.54, 1.807) is 0 Å². The second-order valence-corrected chi connectivity index (χ2v) is 7.59. The van der Waals surface area contributed by atoms with E-state index in [1.165, 1.54) is 13.1 Å². The average molecular weight is 349 g/mol. The Bertz CT molecular complexity index is 658. The SMILES string of the molecule is CN(CC1CCCCO1)S(=O)(=O)c1ccc(Cl)cc1[N+](=O)[O-]. The van der Waals surface area contributed by atoms with Crippen LogP contribution in [0.2, 0.25) is 5.02 Å². The average Bonchev–Trinajstić information content (AvgIpc) is 2.47. The topological polar surface area (TPSA) is 89.8 Å². The fourth-order valence-corrected chi connectivity index (χ4v) is 3.86. The van der Waals surface area contributed by atoms with Gasteiger partial charge in [0, 0.05) is 31.3 Å². The Labute approximate surface area is 134 Å². The fraction of sp³-hybridized carbons (Fsp3) is 0.538. The Kier molecular flexibility index (Phi) is 5.38. The number of nitro groups is 1. The van der Waals surface area contributed by atoms with Gasteiger partial charge < -0.3 is 4.74 Å². The van der Waals surface area contributed by atoms with Gasteiger partial charge in [-0.25, -0.2) is 8.42 Å². The van der Waals surface area contributed by atoms with E-state index >= 15 is 0 Å². The largest absolute Gasteiger partial charge is 0.377 e. The van der Waals surface area contributed by atoms with Crippen LogP contribution in [0.15, 0.2) is 23.1 Å². The molecule has 0 saturated carbocycles. The summed E-state index contributed by atoms with van der Waals surface area (Å²) in [4.78, 5) is 9.97. The highest BCUT2D eigenvalue weighted by Gasteiger charge is 2.31. The number of hydrogen-bond acceptors (Lipinski definition) is 5. The summed E-state index contributed by atoms with van der Waals surface area (Å²) in [5.74, 6) is 0. The molecule has 22 heavy (non-hydrogen) atoms. The number of halogens is 1. The number of nitrogens with zero attached hydrogens (tertiary/aromatic N) is 2. The molecule has 0 radical (unpaired) electrons. The molecule has 9 heteroatoms. The van der Waals surface area contributed by atoms with Gasteiger partial charge in [0.1, 0.15) is 0 Å². The van der Waals surface area contributed by atoms with Crippen LogP contribution < -0.4 is 0 Å². The van der Waals surface area contributed by atoms with Gasteiger partial charge >= 0.3 is 0 Å². The van der Waals surface area contributed by atoms with E-state index in [4.69, 9.17) is 16.3 Å². The second-order valence-electron chi connectivity index (χ2n) is 5.14. The molecule has 1 unspecified atom stereocenters. The standard InChI is InChI=1S/C13H17ClN2O5S/c1-15(9-11-4-2-3-7-21-11)22(19,20)13-6-5-10(14)8-12(13)16(17)18/h5-6,8,11H,2-4,7,9H2,1H3. The Balaban J connectivity index is 2.27. The molecular weight excluding hydrogens is 332 g/mol. The lowest BCUT2D eigenvalue weighted by Crippen LogP contribution is -2.37. The molecule has 0 N–H and O–H groups in total. The number of sulfonamides is 1. The fourth-order valence-electron chi connectivity index (χ4n) is 2.36. The Hall–Kier alpha value is -1.22. The summed E-state index contributed by atoms with van der Waals surface area (Å²) in [6, 6.07) is 3.53. The van der Waals surface area contributed by atoms with Crippen molar-refractivity contribution in [2.75, 3.05) is 20.2 Å². The minimum absolute atomic E-state index is 0.115. The minimum atomic E-state index is -3.98. The van der Waals surface area contributed by atoms with Crippen LogP contribution in [0.5, 0.6) is 0 Å². The highest BCUT2D eigenvalue weighted by molar-refractivity contribution is 7.89. The lowest BCUT2D eigenvalue weighted by atomic mass is 10.1. The molecule has 0 spiro atoms. The predicted octanol–water partition coefficient (Wildman–Crippen LogP) is 2.44. The molecule has 1 fully saturated rings. The molecule has 1 aromatic rings. The molecule has 7 nitrogen and oxygen atoms in total. The number of nitro benzene ring substituents is 1. The normalized spacial score (nSPS) is 19.3. The summed E-state index contributed by atoms with van der Waals surface area (Å²) < 4.78 is 31.7. The zero-order valence-corrected chi connectivity index (χ0v) is 13.6. The van der Waals surface area contributed by atoms with E-state index in [9.17, 15) is 18.5 Å². The maximum Gasteiger partial charge on any atom is 0.290 e. The first-order valence-corrected chi connectivity index (χ1v) is 8.66. The van der Waals surface area contributed by atoms with Gasteiger partial charge in [-0.15, -0.1) is 0 Å². The van der Waals surface area contributed by atoms with Gasteiger partial charge in [-0.05, 0) is 31.4 Å². The molecule has 1 heterocycles. The first-order chi connectivity index (χ1) is 10.3. The van der Waals surface area contributed by atoms with Crippen molar-refractivity contribution in [2.45, 2.75) is 30.3 Å². The zero-order valence-electron chi connectivity index (χ0n) is 12.1. The molecule has 1 aromatic carbocycles. The van der Waals surface area contributed by atoms with Crippen molar-refractivity contribution in [3.8, 4) is 0 Å². The number of benzene rings is 1. The van der Waals surface area contributed by atoms with E-state index in [2.05, 4.69) is 0 Å². The molecule has 0 bridgehead atoms. The van der Waals surface area contributed by atoms with Gasteiger partial charge in [-0.3, -0.25) is 10.1 Å². The van der Waals surface area contributed by atoms with E-state index in [1.807, 2.05) is 0 Å². The summed E-state index contributed by atoms with van der Waals surface area (Å²) in [6.45, 7) is 0.780. The maximum absolute atomic E-state index is 12.6. The summed E-state index contributed by atoms with van der Waals surface area (Å²) >= 11 is 5.71. The number of hydrogen-bond donors (Lipinski definition) is 0. The molecule has 1 atom stereocenters. The monoisotopic (exact) mass is 348 g/mol. The third-order valence-corrected chi connectivity index (χ3v) is 5.65. The number of likely N-dealkylation sites (N-methyl/N-ethyl adjacent to an activating group) is 1. The van der Waals surface area contributed by atoms with Crippen molar-refractivity contribution in [3.05, 3.63) is 33.3 Å². The van der Waals surface area contributed by atoms with E-state index < -0.39 is 20.6 Å². The molecule has 0 aromatic heterocycles. The van der Waals surface area contributed by atoms with Crippen LogP contribution >= 0.6 is 11.6 Å². The smallest absolute Gasteiger partial charge is 0.290 e. The van der Waals surface area contributed by atoms with Crippen LogP contribution in [0.4, 0.5) is 5.69 Å². The molecule has 1 aliphatic heterocycles. The van der Waals surface area contributed by atoms with Gasteiger partial charge in [0.2, 0.25) is 10.0 Å². The summed E-state index contributed by atoms with van der Waals surface area (Å²) in [5.41, 5.74) is -0.524. The molecule has 122 valence electrons. The molecular formula is C13H17ClN2O5S. The van der Waals surface area contributed by atoms with Crippen molar-refractivity contribution in [3.63, 3.8) is 0 Å². The predicted molar refractivity (Wildman–Crippen MR) is 81.5 cm³/mol. The van der Waals surface area contributed by atoms with Crippen LogP contribution in [-0.4, -0.2) is 43.9 Å². The van der Waals surface area contributed by atoms with Crippen molar-refractivity contribution < 1.29 is 18.1 Å². The first kappa shape index (κ1) is 17.1. The van der Waals surface area contributed by atoms with E-state index in [-0.39, 0.29) is 22.6 Å². The lowest BCUT2D eigenvalue weighted by molar-refractivity contribution is -0.387. The van der Waals surface area contributed by atoms with Gasteiger partial charge in [0.25, 0.3) is 5.69 Å². The molecule has 0 amide bonds. The van der Waals surface area contributed by atoms with Crippen molar-refractivity contribution >= 4 is 27.3 Å². The Morgan fingerprint density at radius 1 is 1.45 bits per heavy atom. The third-order valence-electron chi connectivity index (χ3n) is 3.54. The highest BCUT2D eigenvalue weighted by atomic mass is 35.5. The van der Waals surface area contributed by atoms with E-state index in [0.29, 0.717) is 6.61 Å². The second kappa shape index (κ2) is 6.91. The van der Waals surface area contributed by atoms with Crippen LogP contribution in [0.1, 0.15) is 19.3 Å².